The van der Waals surface area contributed by atoms with Crippen LogP contribution in [0.3, 0.4) is 0 Å². The molecule has 1 aliphatic rings. The Labute approximate surface area is 86.3 Å². The van der Waals surface area contributed by atoms with E-state index in [-0.39, 0.29) is 18.5 Å². The molecule has 0 aromatic heterocycles. The fraction of sp³-hybridized carbons (Fsp3) is 0.455. The zero-order valence-corrected chi connectivity index (χ0v) is 8.09. The number of hydrogen-bond donors (Lipinski definition) is 0. The van der Waals surface area contributed by atoms with Gasteiger partial charge in [0, 0.05) is 18.5 Å². The molecular formula is C11H11F3N. The van der Waals surface area contributed by atoms with Gasteiger partial charge in [0.05, 0.1) is 0 Å². The van der Waals surface area contributed by atoms with Gasteiger partial charge in [0.2, 0.25) is 0 Å². The molecule has 0 aliphatic carbocycles. The van der Waals surface area contributed by atoms with Gasteiger partial charge in [-0.3, -0.25) is 0 Å². The van der Waals surface area contributed by atoms with Crippen LogP contribution in [0.15, 0.2) is 30.3 Å². The molecule has 0 bridgehead atoms. The Kier molecular flexibility index (Phi) is 2.46. The second-order valence-electron chi connectivity index (χ2n) is 3.68. The maximum atomic E-state index is 14.2. The van der Waals surface area contributed by atoms with Crippen LogP contribution < -0.4 is 5.32 Å². The van der Waals surface area contributed by atoms with Gasteiger partial charge < -0.3 is 0 Å². The van der Waals surface area contributed by atoms with Crippen LogP contribution in [0.25, 0.3) is 0 Å². The predicted molar refractivity (Wildman–Crippen MR) is 50.4 cm³/mol. The third-order valence-corrected chi connectivity index (χ3v) is 2.62. The van der Waals surface area contributed by atoms with Crippen molar-refractivity contribution < 1.29 is 13.2 Å². The average Bonchev–Trinajstić information content (AvgIpc) is 2.24. The second kappa shape index (κ2) is 3.52. The standard InChI is InChI=1S/C11H11F3N/c12-10(13)7-4-8-15-11(10,14)9-5-2-1-3-6-9/h1-3,5-6H,4,7-8H2. The number of rotatable bonds is 1. The van der Waals surface area contributed by atoms with Gasteiger partial charge in [-0.2, -0.15) is 5.32 Å². The number of nitrogens with zero attached hydrogens (tertiary/aromatic N) is 1. The molecule has 0 saturated carbocycles. The summed E-state index contributed by atoms with van der Waals surface area (Å²) in [5, 5.41) is 3.47. The van der Waals surface area contributed by atoms with E-state index in [0.717, 1.165) is 0 Å². The normalized spacial score (nSPS) is 30.1. The fourth-order valence-corrected chi connectivity index (χ4v) is 1.78. The molecule has 0 N–H and O–H groups in total. The third-order valence-electron chi connectivity index (χ3n) is 2.62. The van der Waals surface area contributed by atoms with Crippen LogP contribution in [0.4, 0.5) is 13.2 Å². The van der Waals surface area contributed by atoms with Crippen molar-refractivity contribution in [1.29, 1.82) is 0 Å². The molecule has 0 spiro atoms. The molecule has 81 valence electrons. The third kappa shape index (κ3) is 1.63. The highest BCUT2D eigenvalue weighted by atomic mass is 19.3. The molecule has 1 nitrogen and oxygen atoms in total. The molecule has 2 rings (SSSR count). The molecule has 1 unspecified atom stereocenters. The minimum Gasteiger partial charge on any atom is -0.213 e. The van der Waals surface area contributed by atoms with Crippen LogP contribution in [-0.4, -0.2) is 12.5 Å². The zero-order chi connectivity index (χ0) is 10.9. The Morgan fingerprint density at radius 3 is 2.33 bits per heavy atom. The summed E-state index contributed by atoms with van der Waals surface area (Å²) in [5.74, 6) is -6.24. The SMILES string of the molecule is FC1(F)CCC[N]C1(F)c1ccccc1. The van der Waals surface area contributed by atoms with Gasteiger partial charge in [0.15, 0.2) is 0 Å². The monoisotopic (exact) mass is 214 g/mol. The molecule has 1 aromatic carbocycles. The first-order valence-corrected chi connectivity index (χ1v) is 4.87. The molecule has 4 heteroatoms. The van der Waals surface area contributed by atoms with Crippen molar-refractivity contribution in [2.24, 2.45) is 0 Å². The van der Waals surface area contributed by atoms with Gasteiger partial charge in [0.1, 0.15) is 0 Å². The van der Waals surface area contributed by atoms with E-state index in [1.54, 1.807) is 6.07 Å². The molecule has 0 amide bonds. The first-order chi connectivity index (χ1) is 7.06. The summed E-state index contributed by atoms with van der Waals surface area (Å²) >= 11 is 0. The Balaban J connectivity index is 2.40. The summed E-state index contributed by atoms with van der Waals surface area (Å²) in [7, 11) is 0. The lowest BCUT2D eigenvalue weighted by molar-refractivity contribution is -0.182. The summed E-state index contributed by atoms with van der Waals surface area (Å²) in [6.45, 7) is 0.154. The topological polar surface area (TPSA) is 14.1 Å². The first-order valence-electron chi connectivity index (χ1n) is 4.87. The van der Waals surface area contributed by atoms with Crippen molar-refractivity contribution in [3.8, 4) is 0 Å². The van der Waals surface area contributed by atoms with E-state index in [2.05, 4.69) is 5.32 Å². The number of halogens is 3. The van der Waals surface area contributed by atoms with Crippen molar-refractivity contribution in [1.82, 2.24) is 5.32 Å². The first kappa shape index (κ1) is 10.5. The van der Waals surface area contributed by atoms with Gasteiger partial charge in [0.25, 0.3) is 11.7 Å². The van der Waals surface area contributed by atoms with Crippen LogP contribution in [-0.2, 0) is 5.79 Å². The number of alkyl halides is 3. The van der Waals surface area contributed by atoms with Crippen molar-refractivity contribution in [3.63, 3.8) is 0 Å². The molecule has 15 heavy (non-hydrogen) atoms. The highest BCUT2D eigenvalue weighted by molar-refractivity contribution is 5.25. The highest BCUT2D eigenvalue weighted by Crippen LogP contribution is 2.45. The van der Waals surface area contributed by atoms with Crippen molar-refractivity contribution in [2.45, 2.75) is 24.6 Å². The molecule has 1 fully saturated rings. The van der Waals surface area contributed by atoms with E-state index in [1.165, 1.54) is 24.3 Å². The van der Waals surface area contributed by atoms with Crippen molar-refractivity contribution in [3.05, 3.63) is 35.9 Å². The van der Waals surface area contributed by atoms with Gasteiger partial charge in [-0.15, -0.1) is 0 Å². The minimum absolute atomic E-state index is 0.0605. The van der Waals surface area contributed by atoms with Crippen LogP contribution in [0.5, 0.6) is 0 Å². The van der Waals surface area contributed by atoms with Gasteiger partial charge >= 0.3 is 0 Å². The van der Waals surface area contributed by atoms with E-state index < -0.39 is 18.1 Å². The van der Waals surface area contributed by atoms with Crippen LogP contribution in [0, 0.1) is 0 Å². The average molecular weight is 214 g/mol. The molecule has 1 radical (unpaired) electrons. The molecule has 1 atom stereocenters. The van der Waals surface area contributed by atoms with Crippen LogP contribution >= 0.6 is 0 Å². The van der Waals surface area contributed by atoms with Gasteiger partial charge in [-0.05, 0) is 6.42 Å². The second-order valence-corrected chi connectivity index (χ2v) is 3.68. The Morgan fingerprint density at radius 1 is 1.07 bits per heavy atom. The number of piperidine rings is 1. The predicted octanol–water partition coefficient (Wildman–Crippen LogP) is 2.84. The highest BCUT2D eigenvalue weighted by Gasteiger charge is 2.58. The number of benzene rings is 1. The Hall–Kier alpha value is -1.03. The zero-order valence-electron chi connectivity index (χ0n) is 8.09. The maximum absolute atomic E-state index is 14.2. The molecule has 1 aliphatic heterocycles. The summed E-state index contributed by atoms with van der Waals surface area (Å²) < 4.78 is 41.1. The van der Waals surface area contributed by atoms with E-state index >= 15 is 0 Å². The molecule has 1 aromatic rings. The minimum atomic E-state index is -3.40. The van der Waals surface area contributed by atoms with Gasteiger partial charge in [-0.1, -0.05) is 30.3 Å². The lowest BCUT2D eigenvalue weighted by Gasteiger charge is -2.36. The number of hydrogen-bond acceptors (Lipinski definition) is 0. The molecular weight excluding hydrogens is 203 g/mol. The molecule has 1 saturated heterocycles. The van der Waals surface area contributed by atoms with E-state index in [1.807, 2.05) is 0 Å². The summed E-state index contributed by atoms with van der Waals surface area (Å²) in [4.78, 5) is 0. The summed E-state index contributed by atoms with van der Waals surface area (Å²) in [5.41, 5.74) is -0.0605. The van der Waals surface area contributed by atoms with Crippen molar-refractivity contribution in [2.75, 3.05) is 6.54 Å². The quantitative estimate of drug-likeness (QED) is 0.638. The lowest BCUT2D eigenvalue weighted by Crippen LogP contribution is -2.52. The van der Waals surface area contributed by atoms with Gasteiger partial charge in [-0.25, -0.2) is 13.2 Å². The van der Waals surface area contributed by atoms with Crippen molar-refractivity contribution >= 4 is 0 Å². The molecule has 1 heterocycles. The fourth-order valence-electron chi connectivity index (χ4n) is 1.78. The smallest absolute Gasteiger partial charge is 0.213 e. The Morgan fingerprint density at radius 2 is 1.73 bits per heavy atom. The summed E-state index contributed by atoms with van der Waals surface area (Å²) in [6.07, 6.45) is -0.201. The van der Waals surface area contributed by atoms with E-state index in [9.17, 15) is 13.2 Å². The summed E-state index contributed by atoms with van der Waals surface area (Å²) in [6, 6.07) is 7.44. The van der Waals surface area contributed by atoms with Crippen LogP contribution in [0.1, 0.15) is 18.4 Å². The van der Waals surface area contributed by atoms with E-state index in [4.69, 9.17) is 0 Å². The van der Waals surface area contributed by atoms with Crippen LogP contribution in [0.2, 0.25) is 0 Å². The Bertz CT molecular complexity index is 339. The lowest BCUT2D eigenvalue weighted by atomic mass is 9.91. The maximum Gasteiger partial charge on any atom is 0.300 e. The van der Waals surface area contributed by atoms with E-state index in [0.29, 0.717) is 0 Å². The largest absolute Gasteiger partial charge is 0.300 e.